The maximum Gasteiger partial charge on any atom is 0.191 e. The van der Waals surface area contributed by atoms with Crippen molar-refractivity contribution in [1.29, 1.82) is 0 Å². The largest absolute Gasteiger partial charge is 0.486 e. The predicted octanol–water partition coefficient (Wildman–Crippen LogP) is 3.15. The van der Waals surface area contributed by atoms with Crippen molar-refractivity contribution in [1.82, 2.24) is 5.48 Å². The fourth-order valence-corrected chi connectivity index (χ4v) is 2.46. The lowest BCUT2D eigenvalue weighted by molar-refractivity contribution is 0.121. The van der Waals surface area contributed by atoms with Crippen molar-refractivity contribution in [2.45, 2.75) is 13.8 Å². The quantitative estimate of drug-likeness (QED) is 0.845. The second-order valence-electron chi connectivity index (χ2n) is 4.05. The maximum atomic E-state index is 6.26. The first-order chi connectivity index (χ1) is 8.56. The molecule has 5 heteroatoms. The Balaban J connectivity index is 2.64. The molecule has 1 N–H and O–H groups in total. The van der Waals surface area contributed by atoms with Gasteiger partial charge in [-0.3, -0.25) is 10.3 Å². The van der Waals surface area contributed by atoms with Gasteiger partial charge in [-0.15, -0.1) is 0 Å². The van der Waals surface area contributed by atoms with Crippen LogP contribution in [-0.4, -0.2) is 18.8 Å². The van der Waals surface area contributed by atoms with Gasteiger partial charge >= 0.3 is 0 Å². The lowest BCUT2D eigenvalue weighted by Gasteiger charge is -2.17. The Bertz CT molecular complexity index is 540. The van der Waals surface area contributed by atoms with Crippen LogP contribution in [0.15, 0.2) is 12.1 Å². The first-order valence-electron chi connectivity index (χ1n) is 5.52. The van der Waals surface area contributed by atoms with Crippen LogP contribution in [0.3, 0.4) is 0 Å². The Labute approximate surface area is 117 Å². The molecule has 3 nitrogen and oxygen atoms in total. The normalized spacial score (nSPS) is 14.1. The number of benzene rings is 1. The molecule has 1 aromatic carbocycles. The number of rotatable bonds is 2. The monoisotopic (exact) mass is 283 g/mol. The van der Waals surface area contributed by atoms with Crippen LogP contribution < -0.4 is 5.48 Å². The van der Waals surface area contributed by atoms with Crippen molar-refractivity contribution in [2.24, 2.45) is 0 Å². The molecule has 2 rings (SSSR count). The van der Waals surface area contributed by atoms with Gasteiger partial charge in [0, 0.05) is 16.1 Å². The lowest BCUT2D eigenvalue weighted by Crippen LogP contribution is -2.11. The van der Waals surface area contributed by atoms with Crippen LogP contribution in [0.25, 0.3) is 5.70 Å². The van der Waals surface area contributed by atoms with E-state index in [1.807, 2.05) is 26.0 Å². The second kappa shape index (κ2) is 5.26. The third-order valence-electron chi connectivity index (χ3n) is 3.01. The van der Waals surface area contributed by atoms with Gasteiger partial charge in [0.15, 0.2) is 5.05 Å². The number of thiocarbonyl (C=S) groups is 1. The number of methoxy groups -OCH3 is 1. The van der Waals surface area contributed by atoms with Crippen molar-refractivity contribution >= 4 is 34.6 Å². The van der Waals surface area contributed by atoms with Crippen LogP contribution in [0.2, 0.25) is 5.02 Å². The van der Waals surface area contributed by atoms with Gasteiger partial charge in [0.2, 0.25) is 0 Å². The molecule has 1 heterocycles. The Morgan fingerprint density at radius 1 is 1.44 bits per heavy atom. The highest BCUT2D eigenvalue weighted by Gasteiger charge is 2.19. The predicted molar refractivity (Wildman–Crippen MR) is 76.7 cm³/mol. The molecule has 0 atom stereocenters. The average Bonchev–Trinajstić information content (AvgIpc) is 2.87. The van der Waals surface area contributed by atoms with E-state index in [0.717, 1.165) is 28.0 Å². The zero-order valence-corrected chi connectivity index (χ0v) is 12.0. The maximum absolute atomic E-state index is 6.26. The van der Waals surface area contributed by atoms with Gasteiger partial charge in [0.25, 0.3) is 0 Å². The number of halogens is 1. The van der Waals surface area contributed by atoms with E-state index < -0.39 is 0 Å². The third-order valence-corrected chi connectivity index (χ3v) is 3.79. The fraction of sp³-hybridized carbons (Fsp3) is 0.308. The summed E-state index contributed by atoms with van der Waals surface area (Å²) in [5.74, 6) is 0. The fourth-order valence-electron chi connectivity index (χ4n) is 2.04. The second-order valence-corrected chi connectivity index (χ2v) is 4.83. The summed E-state index contributed by atoms with van der Waals surface area (Å²) in [5, 5.41) is 1.11. The summed E-state index contributed by atoms with van der Waals surface area (Å²) in [7, 11) is 1.56. The highest BCUT2D eigenvalue weighted by atomic mass is 35.5. The van der Waals surface area contributed by atoms with Gasteiger partial charge in [0.05, 0.1) is 19.4 Å². The van der Waals surface area contributed by atoms with Gasteiger partial charge in [-0.05, 0) is 49.3 Å². The SMILES string of the molecule is COC(=S)c1cc(Cl)c(C)c(C2=CCON2)c1C. The van der Waals surface area contributed by atoms with Crippen LogP contribution in [0.1, 0.15) is 22.3 Å². The van der Waals surface area contributed by atoms with E-state index in [9.17, 15) is 0 Å². The molecule has 0 bridgehead atoms. The van der Waals surface area contributed by atoms with Crippen molar-refractivity contribution in [3.8, 4) is 0 Å². The minimum atomic E-state index is 0.440. The number of hydroxylamine groups is 1. The molecule has 1 aliphatic heterocycles. The molecule has 0 spiro atoms. The molecule has 1 aliphatic rings. The van der Waals surface area contributed by atoms with Gasteiger partial charge in [-0.25, -0.2) is 0 Å². The van der Waals surface area contributed by atoms with Gasteiger partial charge in [0.1, 0.15) is 0 Å². The molecular weight excluding hydrogens is 270 g/mol. The minimum absolute atomic E-state index is 0.440. The summed E-state index contributed by atoms with van der Waals surface area (Å²) in [6, 6.07) is 1.85. The standard InChI is InChI=1S/C13H14ClNO2S/c1-7-9(13(18)16-3)6-10(14)8(2)12(7)11-4-5-17-15-11/h4,6,15H,5H2,1-3H3. The number of hydrogen-bond donors (Lipinski definition) is 1. The third kappa shape index (κ3) is 2.23. The topological polar surface area (TPSA) is 30.5 Å². The van der Waals surface area contributed by atoms with Crippen LogP contribution in [0.4, 0.5) is 0 Å². The molecule has 0 fully saturated rings. The van der Waals surface area contributed by atoms with Crippen LogP contribution in [0.5, 0.6) is 0 Å². The smallest absolute Gasteiger partial charge is 0.191 e. The lowest BCUT2D eigenvalue weighted by atomic mass is 9.95. The highest BCUT2D eigenvalue weighted by Crippen LogP contribution is 2.31. The van der Waals surface area contributed by atoms with E-state index >= 15 is 0 Å². The molecule has 96 valence electrons. The number of hydrogen-bond acceptors (Lipinski definition) is 4. The number of ether oxygens (including phenoxy) is 1. The zero-order chi connectivity index (χ0) is 13.3. The van der Waals surface area contributed by atoms with E-state index in [-0.39, 0.29) is 0 Å². The summed E-state index contributed by atoms with van der Waals surface area (Å²) in [5.41, 5.74) is 7.71. The first kappa shape index (κ1) is 13.3. The minimum Gasteiger partial charge on any atom is -0.486 e. The van der Waals surface area contributed by atoms with E-state index in [1.165, 1.54) is 0 Å². The van der Waals surface area contributed by atoms with E-state index in [0.29, 0.717) is 16.7 Å². The Kier molecular flexibility index (Phi) is 3.90. The Morgan fingerprint density at radius 2 is 2.17 bits per heavy atom. The van der Waals surface area contributed by atoms with Crippen LogP contribution in [0, 0.1) is 13.8 Å². The van der Waals surface area contributed by atoms with Crippen molar-refractivity contribution in [3.05, 3.63) is 39.4 Å². The van der Waals surface area contributed by atoms with E-state index in [4.69, 9.17) is 33.4 Å². The van der Waals surface area contributed by atoms with E-state index in [2.05, 4.69) is 5.48 Å². The highest BCUT2D eigenvalue weighted by molar-refractivity contribution is 7.80. The molecule has 1 aromatic rings. The summed E-state index contributed by atoms with van der Waals surface area (Å²) in [4.78, 5) is 5.14. The van der Waals surface area contributed by atoms with Crippen molar-refractivity contribution in [3.63, 3.8) is 0 Å². The molecule has 0 saturated heterocycles. The molecule has 0 radical (unpaired) electrons. The van der Waals surface area contributed by atoms with Gasteiger partial charge in [-0.1, -0.05) is 11.6 Å². The Hall–Kier alpha value is -1.10. The average molecular weight is 284 g/mol. The summed E-state index contributed by atoms with van der Waals surface area (Å²) >= 11 is 11.5. The molecular formula is C13H14ClNO2S. The molecule has 0 amide bonds. The molecule has 0 saturated carbocycles. The van der Waals surface area contributed by atoms with Crippen LogP contribution >= 0.6 is 23.8 Å². The first-order valence-corrected chi connectivity index (χ1v) is 6.31. The molecule has 0 aliphatic carbocycles. The Morgan fingerprint density at radius 3 is 2.72 bits per heavy atom. The van der Waals surface area contributed by atoms with Crippen molar-refractivity contribution < 1.29 is 9.57 Å². The summed E-state index contributed by atoms with van der Waals surface area (Å²) < 4.78 is 5.13. The van der Waals surface area contributed by atoms with Crippen molar-refractivity contribution in [2.75, 3.05) is 13.7 Å². The summed E-state index contributed by atoms with van der Waals surface area (Å²) in [6.45, 7) is 4.52. The zero-order valence-electron chi connectivity index (χ0n) is 10.5. The van der Waals surface area contributed by atoms with E-state index in [1.54, 1.807) is 7.11 Å². The molecule has 0 aromatic heterocycles. The van der Waals surface area contributed by atoms with Gasteiger partial charge in [-0.2, -0.15) is 0 Å². The van der Waals surface area contributed by atoms with Crippen LogP contribution in [-0.2, 0) is 9.57 Å². The molecule has 18 heavy (non-hydrogen) atoms. The molecule has 0 unspecified atom stereocenters. The summed E-state index contributed by atoms with van der Waals surface area (Å²) in [6.07, 6.45) is 1.98. The van der Waals surface area contributed by atoms with Gasteiger partial charge < -0.3 is 4.74 Å². The number of nitrogens with one attached hydrogen (secondary N) is 1.